The molecule has 2 N–H and O–H groups in total. The molecule has 0 saturated carbocycles. The average Bonchev–Trinajstić information content (AvgIpc) is 3.40. The minimum absolute atomic E-state index is 0.0589. The lowest BCUT2D eigenvalue weighted by Gasteiger charge is -2.23. The van der Waals surface area contributed by atoms with Crippen LogP contribution in [-0.4, -0.2) is 73.7 Å². The van der Waals surface area contributed by atoms with Crippen LogP contribution in [0.25, 0.3) is 0 Å². The van der Waals surface area contributed by atoms with Crippen LogP contribution in [0.4, 0.5) is 0 Å². The number of aryl methyl sites for hydroxylation is 1. The quantitative estimate of drug-likeness (QED) is 0.0273. The van der Waals surface area contributed by atoms with Crippen LogP contribution in [0.2, 0.25) is 0 Å². The third-order valence-corrected chi connectivity index (χ3v) is 11.8. The minimum atomic E-state index is -1.03. The van der Waals surface area contributed by atoms with E-state index in [1.807, 2.05) is 128 Å². The summed E-state index contributed by atoms with van der Waals surface area (Å²) < 4.78 is 33.6. The van der Waals surface area contributed by atoms with Crippen molar-refractivity contribution in [1.29, 1.82) is 0 Å². The Balaban J connectivity index is 1.13. The molecule has 4 atom stereocenters. The van der Waals surface area contributed by atoms with Gasteiger partial charge in [-0.15, -0.1) is 0 Å². The van der Waals surface area contributed by atoms with Crippen molar-refractivity contribution in [2.24, 2.45) is 0 Å². The van der Waals surface area contributed by atoms with E-state index in [0.717, 1.165) is 44.7 Å². The predicted molar refractivity (Wildman–Crippen MR) is 276 cm³/mol. The van der Waals surface area contributed by atoms with Gasteiger partial charge in [-0.2, -0.15) is 0 Å². The molecule has 7 rings (SSSR count). The molecule has 7 aromatic rings. The molecule has 0 aliphatic heterocycles. The summed E-state index contributed by atoms with van der Waals surface area (Å²) >= 11 is 0. The van der Waals surface area contributed by atoms with Gasteiger partial charge in [-0.05, 0) is 127 Å². The van der Waals surface area contributed by atoms with Gasteiger partial charge in [0, 0.05) is 34.1 Å². The highest BCUT2D eigenvalue weighted by Gasteiger charge is 2.22. The van der Waals surface area contributed by atoms with E-state index < -0.39 is 24.1 Å². The lowest BCUT2D eigenvalue weighted by atomic mass is 9.81. The molecule has 0 aliphatic rings. The predicted octanol–water partition coefficient (Wildman–Crippen LogP) is 11.1. The highest BCUT2D eigenvalue weighted by molar-refractivity contribution is 6.09. The van der Waals surface area contributed by atoms with Gasteiger partial charge in [-0.3, -0.25) is 4.79 Å². The zero-order chi connectivity index (χ0) is 51.1. The highest BCUT2D eigenvalue weighted by atomic mass is 16.6. The zero-order valence-corrected chi connectivity index (χ0v) is 40.8. The van der Waals surface area contributed by atoms with Gasteiger partial charge >= 0.3 is 11.9 Å². The van der Waals surface area contributed by atoms with E-state index >= 15 is 0 Å². The maximum absolute atomic E-state index is 13.1. The third-order valence-electron chi connectivity index (χ3n) is 11.8. The van der Waals surface area contributed by atoms with Crippen molar-refractivity contribution >= 4 is 17.7 Å². The summed E-state index contributed by atoms with van der Waals surface area (Å²) in [6.07, 6.45) is -2.05. The van der Waals surface area contributed by atoms with Crippen molar-refractivity contribution in [3.63, 3.8) is 0 Å². The van der Waals surface area contributed by atoms with E-state index in [1.54, 1.807) is 45.2 Å². The topological polar surface area (TPSA) is 147 Å². The molecule has 4 unspecified atom stereocenters. The lowest BCUT2D eigenvalue weighted by molar-refractivity contribution is -0.143. The number of hydrogen-bond acceptors (Lipinski definition) is 11. The number of hydrogen-bond donors (Lipinski definition) is 2. The molecular formula is C61H58O11. The molecule has 0 amide bonds. The number of rotatable bonds is 23. The first-order valence-electron chi connectivity index (χ1n) is 23.4. The number of ketones is 1. The second kappa shape index (κ2) is 24.5. The summed E-state index contributed by atoms with van der Waals surface area (Å²) in [4.78, 5) is 36.7. The fraction of sp³-hybridized carbons (Fsp3) is 0.197. The average molecular weight is 967 g/mol. The molecule has 11 heteroatoms. The summed E-state index contributed by atoms with van der Waals surface area (Å²) in [6, 6.07) is 54.4. The Hall–Kier alpha value is -8.25. The summed E-state index contributed by atoms with van der Waals surface area (Å²) in [6.45, 7) is 11.6. The van der Waals surface area contributed by atoms with Gasteiger partial charge in [-0.1, -0.05) is 116 Å². The van der Waals surface area contributed by atoms with Gasteiger partial charge in [0.1, 0.15) is 67.4 Å². The van der Waals surface area contributed by atoms with Crippen molar-refractivity contribution in [2.75, 3.05) is 33.5 Å². The standard InChI is InChI=1S/C61H58O11/c1-39(2)60(65)70-37-50(62)35-68-53-27-17-45(18-28-53)57(44-15-25-52(67-6)26-16-44)42-11-13-43(14-12-42)58(46-19-29-54(30-20-46)69-36-51(63)38-71-61(66)40(3)4)47-21-31-55(32-22-47)72-56-33-23-49(24-34-56)59(64)48-9-7-41(5)8-10-48/h7-34,50-51,57-58,62-63H,1,3,35-38H2,2,4-6H3. The van der Waals surface area contributed by atoms with Gasteiger partial charge in [0.05, 0.1) is 7.11 Å². The Morgan fingerprint density at radius 3 is 1.06 bits per heavy atom. The number of ether oxygens (including phenoxy) is 6. The molecule has 0 heterocycles. The van der Waals surface area contributed by atoms with Crippen LogP contribution in [0, 0.1) is 6.92 Å². The number of carbonyl (C=O) groups excluding carboxylic acids is 3. The largest absolute Gasteiger partial charge is 0.497 e. The molecule has 0 radical (unpaired) electrons. The van der Waals surface area contributed by atoms with E-state index in [2.05, 4.69) is 37.4 Å². The molecule has 7 aromatic carbocycles. The Bertz CT molecular complexity index is 2930. The van der Waals surface area contributed by atoms with Crippen molar-refractivity contribution in [3.8, 4) is 28.7 Å². The SMILES string of the molecule is C=C(C)C(=O)OCC(O)COc1ccc(C(c2ccc(OC)cc2)c2ccc(C(c3ccc(OCC(O)COC(=O)C(=C)C)cc3)c3ccc(Oc4ccc(C(=O)c5ccc(C)cc5)cc4)cc3)cc2)cc1. The van der Waals surface area contributed by atoms with Crippen LogP contribution in [0.15, 0.2) is 194 Å². The minimum Gasteiger partial charge on any atom is -0.497 e. The van der Waals surface area contributed by atoms with E-state index in [1.165, 1.54) is 0 Å². The maximum Gasteiger partial charge on any atom is 0.333 e. The third kappa shape index (κ3) is 14.0. The molecule has 0 spiro atoms. The number of methoxy groups -OCH3 is 1. The van der Waals surface area contributed by atoms with Crippen LogP contribution in [0.3, 0.4) is 0 Å². The second-order valence-corrected chi connectivity index (χ2v) is 17.5. The number of esters is 2. The number of carbonyl (C=O) groups is 3. The van der Waals surface area contributed by atoms with Crippen LogP contribution in [0.1, 0.15) is 80.5 Å². The zero-order valence-electron chi connectivity index (χ0n) is 40.8. The molecular weight excluding hydrogens is 909 g/mol. The fourth-order valence-corrected chi connectivity index (χ4v) is 7.83. The lowest BCUT2D eigenvalue weighted by Crippen LogP contribution is -2.25. The van der Waals surface area contributed by atoms with Crippen LogP contribution >= 0.6 is 0 Å². The Morgan fingerprint density at radius 2 is 0.722 bits per heavy atom. The number of aliphatic hydroxyl groups is 2. The van der Waals surface area contributed by atoms with E-state index in [4.69, 9.17) is 28.4 Å². The highest BCUT2D eigenvalue weighted by Crippen LogP contribution is 2.38. The van der Waals surface area contributed by atoms with Gasteiger partial charge in [0.2, 0.25) is 0 Å². The fourth-order valence-electron chi connectivity index (χ4n) is 7.83. The number of aliphatic hydroxyl groups excluding tert-OH is 2. The van der Waals surface area contributed by atoms with E-state index in [-0.39, 0.29) is 55.2 Å². The van der Waals surface area contributed by atoms with Gasteiger partial charge in [0.15, 0.2) is 5.78 Å². The Labute approximate surface area is 420 Å². The van der Waals surface area contributed by atoms with Crippen LogP contribution in [0.5, 0.6) is 28.7 Å². The summed E-state index contributed by atoms with van der Waals surface area (Å²) in [5.41, 5.74) is 8.87. The second-order valence-electron chi connectivity index (χ2n) is 17.5. The van der Waals surface area contributed by atoms with Crippen molar-refractivity contribution in [3.05, 3.63) is 244 Å². The summed E-state index contributed by atoms with van der Waals surface area (Å²) in [5, 5.41) is 20.8. The molecule has 0 bridgehead atoms. The Morgan fingerprint density at radius 1 is 0.431 bits per heavy atom. The molecule has 72 heavy (non-hydrogen) atoms. The van der Waals surface area contributed by atoms with E-state index in [0.29, 0.717) is 34.1 Å². The Kier molecular flexibility index (Phi) is 17.6. The molecule has 0 aromatic heterocycles. The summed E-state index contributed by atoms with van der Waals surface area (Å²) in [7, 11) is 1.64. The van der Waals surface area contributed by atoms with Gasteiger partial charge in [-0.25, -0.2) is 9.59 Å². The molecule has 0 aliphatic carbocycles. The van der Waals surface area contributed by atoms with Crippen molar-refractivity contribution < 1.29 is 53.0 Å². The van der Waals surface area contributed by atoms with Crippen LogP contribution < -0.4 is 18.9 Å². The maximum atomic E-state index is 13.1. The van der Waals surface area contributed by atoms with E-state index in [9.17, 15) is 24.6 Å². The normalized spacial score (nSPS) is 12.6. The van der Waals surface area contributed by atoms with Crippen molar-refractivity contribution in [1.82, 2.24) is 0 Å². The molecule has 11 nitrogen and oxygen atoms in total. The first-order valence-corrected chi connectivity index (χ1v) is 23.4. The molecule has 368 valence electrons. The van der Waals surface area contributed by atoms with Crippen LogP contribution in [-0.2, 0) is 19.1 Å². The molecule has 0 saturated heterocycles. The van der Waals surface area contributed by atoms with Gasteiger partial charge < -0.3 is 38.6 Å². The monoisotopic (exact) mass is 966 g/mol. The van der Waals surface area contributed by atoms with Gasteiger partial charge in [0.25, 0.3) is 0 Å². The molecule has 0 fully saturated rings. The first-order chi connectivity index (χ1) is 34.7. The smallest absolute Gasteiger partial charge is 0.333 e. The first kappa shape index (κ1) is 51.6. The number of benzene rings is 7. The summed E-state index contributed by atoms with van der Waals surface area (Å²) in [5.74, 6) is 1.43. The van der Waals surface area contributed by atoms with Crippen molar-refractivity contribution in [2.45, 2.75) is 44.8 Å².